The molecule has 2 N–H and O–H groups in total. The maximum atomic E-state index is 13.8. The summed E-state index contributed by atoms with van der Waals surface area (Å²) in [4.78, 5) is 0. The van der Waals surface area contributed by atoms with E-state index in [-0.39, 0.29) is 11.2 Å². The van der Waals surface area contributed by atoms with Crippen molar-refractivity contribution in [2.24, 2.45) is 5.73 Å². The van der Waals surface area contributed by atoms with E-state index in [2.05, 4.69) is 0 Å². The molecule has 1 saturated heterocycles. The summed E-state index contributed by atoms with van der Waals surface area (Å²) in [6.07, 6.45) is 1.72. The van der Waals surface area contributed by atoms with E-state index in [0.717, 1.165) is 12.8 Å². The molecule has 0 amide bonds. The maximum absolute atomic E-state index is 13.8. The Morgan fingerprint density at radius 1 is 1.44 bits per heavy atom. The van der Waals surface area contributed by atoms with Crippen molar-refractivity contribution in [2.45, 2.75) is 18.3 Å². The fourth-order valence-electron chi connectivity index (χ4n) is 2.13. The van der Waals surface area contributed by atoms with Crippen LogP contribution in [-0.4, -0.2) is 19.8 Å². The second-order valence-corrected chi connectivity index (χ2v) is 4.73. The summed E-state index contributed by atoms with van der Waals surface area (Å²) < 4.78 is 19.0. The molecule has 0 spiro atoms. The zero-order valence-corrected chi connectivity index (χ0v) is 9.77. The Bertz CT molecular complexity index is 379. The zero-order valence-electron chi connectivity index (χ0n) is 9.01. The van der Waals surface area contributed by atoms with Gasteiger partial charge in [-0.2, -0.15) is 0 Å². The fourth-order valence-corrected chi connectivity index (χ4v) is 2.30. The van der Waals surface area contributed by atoms with Gasteiger partial charge >= 0.3 is 0 Å². The second-order valence-electron chi connectivity index (χ2n) is 4.29. The van der Waals surface area contributed by atoms with E-state index in [9.17, 15) is 4.39 Å². The predicted molar refractivity (Wildman–Crippen MR) is 62.2 cm³/mol. The van der Waals surface area contributed by atoms with Gasteiger partial charge in [0.25, 0.3) is 0 Å². The van der Waals surface area contributed by atoms with Crippen LogP contribution < -0.4 is 5.73 Å². The predicted octanol–water partition coefficient (Wildman–Crippen LogP) is 2.49. The zero-order chi connectivity index (χ0) is 11.6. The van der Waals surface area contributed by atoms with E-state index in [0.29, 0.717) is 30.3 Å². The lowest BCUT2D eigenvalue weighted by Gasteiger charge is -2.42. The Kier molecular flexibility index (Phi) is 3.47. The van der Waals surface area contributed by atoms with Gasteiger partial charge in [0.15, 0.2) is 0 Å². The van der Waals surface area contributed by atoms with Gasteiger partial charge in [0.05, 0.1) is 13.2 Å². The molecule has 1 aromatic rings. The van der Waals surface area contributed by atoms with Crippen molar-refractivity contribution in [2.75, 3.05) is 19.8 Å². The minimum atomic E-state index is -0.214. The van der Waals surface area contributed by atoms with E-state index in [1.807, 2.05) is 0 Å². The summed E-state index contributed by atoms with van der Waals surface area (Å²) >= 11 is 5.91. The summed E-state index contributed by atoms with van der Waals surface area (Å²) in [6.45, 7) is 1.73. The van der Waals surface area contributed by atoms with E-state index in [1.54, 1.807) is 12.1 Å². The average molecular weight is 244 g/mol. The van der Waals surface area contributed by atoms with Crippen molar-refractivity contribution >= 4 is 11.6 Å². The highest BCUT2D eigenvalue weighted by Gasteiger charge is 2.41. The van der Waals surface area contributed by atoms with Crippen LogP contribution >= 0.6 is 11.6 Å². The van der Waals surface area contributed by atoms with E-state index in [1.165, 1.54) is 6.07 Å². The van der Waals surface area contributed by atoms with Crippen LogP contribution in [0.1, 0.15) is 18.4 Å². The SMILES string of the molecule is NCCCC1(c2cc(Cl)ccc2F)COC1. The molecule has 1 heterocycles. The number of nitrogens with two attached hydrogens (primary N) is 1. The van der Waals surface area contributed by atoms with Gasteiger partial charge in [0.2, 0.25) is 0 Å². The molecule has 2 nitrogen and oxygen atoms in total. The topological polar surface area (TPSA) is 35.2 Å². The molecule has 88 valence electrons. The average Bonchev–Trinajstić information content (AvgIpc) is 2.21. The van der Waals surface area contributed by atoms with Crippen molar-refractivity contribution in [3.05, 3.63) is 34.6 Å². The highest BCUT2D eigenvalue weighted by Crippen LogP contribution is 2.39. The van der Waals surface area contributed by atoms with Crippen LogP contribution in [0.4, 0.5) is 4.39 Å². The quantitative estimate of drug-likeness (QED) is 0.882. The first-order valence-corrected chi connectivity index (χ1v) is 5.79. The molecule has 0 atom stereocenters. The first-order chi connectivity index (χ1) is 7.68. The highest BCUT2D eigenvalue weighted by atomic mass is 35.5. The molecular formula is C12H15ClFNO. The third-order valence-electron chi connectivity index (χ3n) is 3.12. The summed E-state index contributed by atoms with van der Waals surface area (Å²) in [7, 11) is 0. The molecule has 0 aliphatic carbocycles. The van der Waals surface area contributed by atoms with Crippen LogP contribution in [-0.2, 0) is 10.2 Å². The van der Waals surface area contributed by atoms with Crippen LogP contribution in [0.25, 0.3) is 0 Å². The molecule has 1 aliphatic rings. The van der Waals surface area contributed by atoms with Gasteiger partial charge in [0, 0.05) is 16.0 Å². The van der Waals surface area contributed by atoms with Crippen LogP contribution in [0.2, 0.25) is 5.02 Å². The second kappa shape index (κ2) is 4.70. The number of rotatable bonds is 4. The smallest absolute Gasteiger partial charge is 0.127 e. The summed E-state index contributed by atoms with van der Waals surface area (Å²) in [5, 5.41) is 0.565. The van der Waals surface area contributed by atoms with Gasteiger partial charge in [-0.05, 0) is 37.6 Å². The first-order valence-electron chi connectivity index (χ1n) is 5.41. The number of hydrogen-bond donors (Lipinski definition) is 1. The molecule has 1 aromatic carbocycles. The van der Waals surface area contributed by atoms with Crippen LogP contribution in [0.5, 0.6) is 0 Å². The third-order valence-corrected chi connectivity index (χ3v) is 3.35. The van der Waals surface area contributed by atoms with Crippen molar-refractivity contribution < 1.29 is 9.13 Å². The molecule has 2 rings (SSSR count). The van der Waals surface area contributed by atoms with Crippen molar-refractivity contribution in [3.8, 4) is 0 Å². The van der Waals surface area contributed by atoms with E-state index in [4.69, 9.17) is 22.1 Å². The molecule has 0 radical (unpaired) electrons. The van der Waals surface area contributed by atoms with Crippen molar-refractivity contribution in [1.29, 1.82) is 0 Å². The Morgan fingerprint density at radius 3 is 2.75 bits per heavy atom. The van der Waals surface area contributed by atoms with Crippen LogP contribution in [0.3, 0.4) is 0 Å². The normalized spacial score (nSPS) is 18.2. The minimum absolute atomic E-state index is 0.204. The summed E-state index contributed by atoms with van der Waals surface area (Å²) in [6, 6.07) is 4.69. The summed E-state index contributed by atoms with van der Waals surface area (Å²) in [5.74, 6) is -0.204. The number of halogens is 2. The van der Waals surface area contributed by atoms with Gasteiger partial charge < -0.3 is 10.5 Å². The van der Waals surface area contributed by atoms with Crippen LogP contribution in [0, 0.1) is 5.82 Å². The number of benzene rings is 1. The monoisotopic (exact) mass is 243 g/mol. The number of hydrogen-bond acceptors (Lipinski definition) is 2. The van der Waals surface area contributed by atoms with Gasteiger partial charge in [-0.1, -0.05) is 11.6 Å². The summed E-state index contributed by atoms with van der Waals surface area (Å²) in [5.41, 5.74) is 5.95. The van der Waals surface area contributed by atoms with E-state index >= 15 is 0 Å². The Morgan fingerprint density at radius 2 is 2.19 bits per heavy atom. The number of ether oxygens (including phenoxy) is 1. The Balaban J connectivity index is 2.28. The van der Waals surface area contributed by atoms with Gasteiger partial charge in [-0.3, -0.25) is 0 Å². The van der Waals surface area contributed by atoms with Gasteiger partial charge in [-0.15, -0.1) is 0 Å². The lowest BCUT2D eigenvalue weighted by Crippen LogP contribution is -2.47. The largest absolute Gasteiger partial charge is 0.379 e. The molecule has 0 aromatic heterocycles. The highest BCUT2D eigenvalue weighted by molar-refractivity contribution is 6.30. The third kappa shape index (κ3) is 2.08. The lowest BCUT2D eigenvalue weighted by molar-refractivity contribution is -0.0664. The lowest BCUT2D eigenvalue weighted by atomic mass is 9.75. The van der Waals surface area contributed by atoms with E-state index < -0.39 is 0 Å². The molecule has 1 fully saturated rings. The Hall–Kier alpha value is -0.640. The van der Waals surface area contributed by atoms with Crippen molar-refractivity contribution in [3.63, 3.8) is 0 Å². The first kappa shape index (κ1) is 11.8. The van der Waals surface area contributed by atoms with Crippen LogP contribution in [0.15, 0.2) is 18.2 Å². The minimum Gasteiger partial charge on any atom is -0.379 e. The standard InChI is InChI=1S/C12H15ClFNO/c13-9-2-3-11(14)10(6-9)12(4-1-5-15)7-16-8-12/h2-3,6H,1,4-5,7-8,15H2. The molecular weight excluding hydrogens is 229 g/mol. The molecule has 1 aliphatic heterocycles. The van der Waals surface area contributed by atoms with Gasteiger partial charge in [0.1, 0.15) is 5.82 Å². The maximum Gasteiger partial charge on any atom is 0.127 e. The van der Waals surface area contributed by atoms with Gasteiger partial charge in [-0.25, -0.2) is 4.39 Å². The molecule has 0 unspecified atom stereocenters. The molecule has 0 bridgehead atoms. The van der Waals surface area contributed by atoms with Crippen molar-refractivity contribution in [1.82, 2.24) is 0 Å². The Labute approximate surface area is 99.5 Å². The molecule has 4 heteroatoms. The molecule has 16 heavy (non-hydrogen) atoms. The molecule has 0 saturated carbocycles. The fraction of sp³-hybridized carbons (Fsp3) is 0.500.